The molecule has 1 aliphatic heterocycles. The lowest BCUT2D eigenvalue weighted by Gasteiger charge is -2.23. The van der Waals surface area contributed by atoms with E-state index in [0.717, 1.165) is 17.0 Å². The summed E-state index contributed by atoms with van der Waals surface area (Å²) in [5.74, 6) is -0.483. The van der Waals surface area contributed by atoms with Gasteiger partial charge in [0.25, 0.3) is 0 Å². The number of anilines is 1. The molecule has 25 heavy (non-hydrogen) atoms. The molecule has 0 bridgehead atoms. The molecule has 0 aliphatic carbocycles. The third kappa shape index (κ3) is 4.01. The van der Waals surface area contributed by atoms with Crippen LogP contribution in [0.1, 0.15) is 23.3 Å². The van der Waals surface area contributed by atoms with E-state index in [9.17, 15) is 22.8 Å². The fourth-order valence-corrected chi connectivity index (χ4v) is 3.45. The first kappa shape index (κ1) is 17.5. The number of thiophene rings is 1. The number of benzene rings is 1. The number of rotatable bonds is 4. The Bertz CT molecular complexity index is 757. The SMILES string of the molecule is O=C(Nc1ccc(C(F)(F)F)cc1)[C@@H]1CCC(=O)N1Cc1cccs1. The van der Waals surface area contributed by atoms with Crippen LogP contribution in [0.4, 0.5) is 18.9 Å². The third-order valence-corrected chi connectivity index (χ3v) is 4.88. The van der Waals surface area contributed by atoms with Gasteiger partial charge in [-0.3, -0.25) is 9.59 Å². The minimum absolute atomic E-state index is 0.0963. The second kappa shape index (κ2) is 6.87. The number of carbonyl (C=O) groups is 2. The molecule has 0 saturated carbocycles. The lowest BCUT2D eigenvalue weighted by molar-refractivity contribution is -0.137. The van der Waals surface area contributed by atoms with Gasteiger partial charge in [-0.1, -0.05) is 6.07 Å². The molecule has 0 spiro atoms. The average Bonchev–Trinajstić information content (AvgIpc) is 3.18. The second-order valence-electron chi connectivity index (χ2n) is 5.72. The number of nitrogens with one attached hydrogen (secondary N) is 1. The Kier molecular flexibility index (Phi) is 4.80. The number of hydrogen-bond donors (Lipinski definition) is 1. The summed E-state index contributed by atoms with van der Waals surface area (Å²) in [6, 6.07) is 7.40. The minimum Gasteiger partial charge on any atom is -0.326 e. The summed E-state index contributed by atoms with van der Waals surface area (Å²) >= 11 is 1.50. The van der Waals surface area contributed by atoms with E-state index in [1.807, 2.05) is 17.5 Å². The third-order valence-electron chi connectivity index (χ3n) is 4.02. The van der Waals surface area contributed by atoms with Crippen LogP contribution in [0, 0.1) is 0 Å². The highest BCUT2D eigenvalue weighted by Crippen LogP contribution is 2.30. The molecule has 3 rings (SSSR count). The highest BCUT2D eigenvalue weighted by Gasteiger charge is 2.36. The quantitative estimate of drug-likeness (QED) is 0.890. The number of carbonyl (C=O) groups excluding carboxylic acids is 2. The molecule has 2 amide bonds. The normalized spacial score (nSPS) is 17.8. The van der Waals surface area contributed by atoms with Crippen LogP contribution in [0.2, 0.25) is 0 Å². The highest BCUT2D eigenvalue weighted by molar-refractivity contribution is 7.09. The summed E-state index contributed by atoms with van der Waals surface area (Å²) in [5.41, 5.74) is -0.505. The van der Waals surface area contributed by atoms with Crippen LogP contribution in [-0.4, -0.2) is 22.8 Å². The van der Waals surface area contributed by atoms with Gasteiger partial charge in [-0.05, 0) is 42.1 Å². The molecular formula is C17H15F3N2O2S. The lowest BCUT2D eigenvalue weighted by Crippen LogP contribution is -2.41. The van der Waals surface area contributed by atoms with E-state index in [0.29, 0.717) is 13.0 Å². The van der Waals surface area contributed by atoms with Gasteiger partial charge in [0.1, 0.15) is 6.04 Å². The van der Waals surface area contributed by atoms with Gasteiger partial charge in [0, 0.05) is 17.0 Å². The second-order valence-corrected chi connectivity index (χ2v) is 6.75. The van der Waals surface area contributed by atoms with Gasteiger partial charge in [-0.25, -0.2) is 0 Å². The predicted molar refractivity (Wildman–Crippen MR) is 88.0 cm³/mol. The zero-order valence-corrected chi connectivity index (χ0v) is 13.9. The Morgan fingerprint density at radius 2 is 1.96 bits per heavy atom. The monoisotopic (exact) mass is 368 g/mol. The van der Waals surface area contributed by atoms with Crippen molar-refractivity contribution in [2.45, 2.75) is 31.6 Å². The van der Waals surface area contributed by atoms with Gasteiger partial charge in [-0.2, -0.15) is 13.2 Å². The number of nitrogens with zero attached hydrogens (tertiary/aromatic N) is 1. The van der Waals surface area contributed by atoms with Crippen LogP contribution >= 0.6 is 11.3 Å². The van der Waals surface area contributed by atoms with Gasteiger partial charge in [0.2, 0.25) is 11.8 Å². The summed E-state index contributed by atoms with van der Waals surface area (Å²) in [6.45, 7) is 0.363. The van der Waals surface area contributed by atoms with E-state index < -0.39 is 17.8 Å². The highest BCUT2D eigenvalue weighted by atomic mass is 32.1. The Labute approximate surface area is 146 Å². The average molecular weight is 368 g/mol. The van der Waals surface area contributed by atoms with Crippen molar-refractivity contribution in [1.29, 1.82) is 0 Å². The van der Waals surface area contributed by atoms with Crippen molar-refractivity contribution in [3.05, 3.63) is 52.2 Å². The predicted octanol–water partition coefficient (Wildman–Crippen LogP) is 3.90. The van der Waals surface area contributed by atoms with Crippen molar-refractivity contribution in [3.8, 4) is 0 Å². The Morgan fingerprint density at radius 1 is 1.24 bits per heavy atom. The topological polar surface area (TPSA) is 49.4 Å². The molecule has 1 aromatic carbocycles. The van der Waals surface area contributed by atoms with Gasteiger partial charge < -0.3 is 10.2 Å². The number of amides is 2. The first-order chi connectivity index (χ1) is 11.8. The van der Waals surface area contributed by atoms with Crippen LogP contribution in [0.5, 0.6) is 0 Å². The van der Waals surface area contributed by atoms with Crippen molar-refractivity contribution in [1.82, 2.24) is 4.90 Å². The van der Waals surface area contributed by atoms with Crippen molar-refractivity contribution in [2.24, 2.45) is 0 Å². The molecular weight excluding hydrogens is 353 g/mol. The lowest BCUT2D eigenvalue weighted by atomic mass is 10.1. The molecule has 4 nitrogen and oxygen atoms in total. The van der Waals surface area contributed by atoms with E-state index in [-0.39, 0.29) is 23.9 Å². The fourth-order valence-electron chi connectivity index (χ4n) is 2.74. The van der Waals surface area contributed by atoms with Crippen molar-refractivity contribution in [2.75, 3.05) is 5.32 Å². The first-order valence-electron chi connectivity index (χ1n) is 7.64. The standard InChI is InChI=1S/C17H15F3N2O2S/c18-17(19,20)11-3-5-12(6-4-11)21-16(24)14-7-8-15(23)22(14)10-13-2-1-9-25-13/h1-6,9,14H,7-8,10H2,(H,21,24)/t14-/m0/s1. The zero-order valence-electron chi connectivity index (χ0n) is 13.0. The van der Waals surface area contributed by atoms with Crippen molar-refractivity contribution in [3.63, 3.8) is 0 Å². The zero-order chi connectivity index (χ0) is 18.0. The molecule has 8 heteroatoms. The maximum absolute atomic E-state index is 12.6. The van der Waals surface area contributed by atoms with Crippen LogP contribution in [0.25, 0.3) is 0 Å². The maximum Gasteiger partial charge on any atom is 0.416 e. The van der Waals surface area contributed by atoms with Crippen LogP contribution in [0.15, 0.2) is 41.8 Å². The summed E-state index contributed by atoms with van der Waals surface area (Å²) in [6.07, 6.45) is -3.73. The van der Waals surface area contributed by atoms with E-state index in [1.165, 1.54) is 28.4 Å². The van der Waals surface area contributed by atoms with Gasteiger partial charge in [0.05, 0.1) is 12.1 Å². The Morgan fingerprint density at radius 3 is 2.56 bits per heavy atom. The van der Waals surface area contributed by atoms with Crippen molar-refractivity contribution >= 4 is 28.8 Å². The molecule has 1 aliphatic rings. The largest absolute Gasteiger partial charge is 0.416 e. The number of hydrogen-bond acceptors (Lipinski definition) is 3. The molecule has 2 heterocycles. The molecule has 1 aromatic heterocycles. The molecule has 2 aromatic rings. The molecule has 1 N–H and O–H groups in total. The number of halogens is 3. The molecule has 0 unspecified atom stereocenters. The summed E-state index contributed by atoms with van der Waals surface area (Å²) in [7, 11) is 0. The number of alkyl halides is 3. The van der Waals surface area contributed by atoms with Gasteiger partial charge in [0.15, 0.2) is 0 Å². The van der Waals surface area contributed by atoms with Crippen LogP contribution in [0.3, 0.4) is 0 Å². The van der Waals surface area contributed by atoms with Crippen LogP contribution < -0.4 is 5.32 Å². The molecule has 1 atom stereocenters. The van der Waals surface area contributed by atoms with E-state index in [4.69, 9.17) is 0 Å². The molecule has 0 radical (unpaired) electrons. The molecule has 132 valence electrons. The minimum atomic E-state index is -4.42. The fraction of sp³-hybridized carbons (Fsp3) is 0.294. The van der Waals surface area contributed by atoms with Crippen molar-refractivity contribution < 1.29 is 22.8 Å². The summed E-state index contributed by atoms with van der Waals surface area (Å²) in [5, 5.41) is 4.49. The maximum atomic E-state index is 12.6. The molecule has 1 saturated heterocycles. The van der Waals surface area contributed by atoms with Gasteiger partial charge >= 0.3 is 6.18 Å². The van der Waals surface area contributed by atoms with E-state index in [2.05, 4.69) is 5.32 Å². The number of likely N-dealkylation sites (tertiary alicyclic amines) is 1. The van der Waals surface area contributed by atoms with Crippen LogP contribution in [-0.2, 0) is 22.3 Å². The van der Waals surface area contributed by atoms with E-state index >= 15 is 0 Å². The smallest absolute Gasteiger partial charge is 0.326 e. The Balaban J connectivity index is 1.68. The van der Waals surface area contributed by atoms with E-state index in [1.54, 1.807) is 0 Å². The first-order valence-corrected chi connectivity index (χ1v) is 8.52. The summed E-state index contributed by atoms with van der Waals surface area (Å²) in [4.78, 5) is 27.0. The summed E-state index contributed by atoms with van der Waals surface area (Å²) < 4.78 is 37.7. The van der Waals surface area contributed by atoms with Gasteiger partial charge in [-0.15, -0.1) is 11.3 Å². The Hall–Kier alpha value is -2.35. The molecule has 1 fully saturated rings.